The number of imide groups is 1. The largest absolute Gasteiger partial charge is 0.482 e. The number of carbonyl (C=O) groups is 4. The summed E-state index contributed by atoms with van der Waals surface area (Å²) in [5, 5.41) is 2.70. The van der Waals surface area contributed by atoms with Gasteiger partial charge in [0.25, 0.3) is 17.7 Å². The van der Waals surface area contributed by atoms with Crippen molar-refractivity contribution in [3.8, 4) is 5.75 Å². The van der Waals surface area contributed by atoms with Crippen LogP contribution in [0.25, 0.3) is 0 Å². The standard InChI is InChI=1S/C22H21N3O5/c1-13(2)10-24-17-9-14(7-8-18(17)30-12-20(24)27)23-19(26)11-25-21(28)15-5-3-4-6-16(15)22(25)29/h3-9,13H,10-12H2,1-2H3,(H,23,26). The first-order chi connectivity index (χ1) is 14.3. The molecule has 0 spiro atoms. The molecule has 2 aromatic carbocycles. The minimum atomic E-state index is -0.511. The molecule has 0 bridgehead atoms. The van der Waals surface area contributed by atoms with Crippen molar-refractivity contribution < 1.29 is 23.9 Å². The Morgan fingerprint density at radius 1 is 1.03 bits per heavy atom. The van der Waals surface area contributed by atoms with Gasteiger partial charge in [0.2, 0.25) is 5.91 Å². The van der Waals surface area contributed by atoms with E-state index in [4.69, 9.17) is 4.74 Å². The molecule has 0 saturated heterocycles. The molecule has 154 valence electrons. The summed E-state index contributed by atoms with van der Waals surface area (Å²) >= 11 is 0. The Kier molecular flexibility index (Phi) is 4.99. The number of hydrogen-bond acceptors (Lipinski definition) is 5. The van der Waals surface area contributed by atoms with Crippen molar-refractivity contribution in [2.24, 2.45) is 5.92 Å². The fourth-order valence-electron chi connectivity index (χ4n) is 3.57. The van der Waals surface area contributed by atoms with Gasteiger partial charge in [-0.05, 0) is 36.2 Å². The van der Waals surface area contributed by atoms with E-state index in [0.717, 1.165) is 4.90 Å². The van der Waals surface area contributed by atoms with E-state index in [0.29, 0.717) is 34.8 Å². The first-order valence-corrected chi connectivity index (χ1v) is 9.67. The van der Waals surface area contributed by atoms with Crippen LogP contribution >= 0.6 is 0 Å². The van der Waals surface area contributed by atoms with Crippen LogP contribution < -0.4 is 15.0 Å². The van der Waals surface area contributed by atoms with Crippen LogP contribution in [0.5, 0.6) is 5.75 Å². The van der Waals surface area contributed by atoms with Gasteiger partial charge in [0, 0.05) is 12.2 Å². The quantitative estimate of drug-likeness (QED) is 0.768. The molecule has 8 heteroatoms. The summed E-state index contributed by atoms with van der Waals surface area (Å²) in [6.45, 7) is 4.13. The van der Waals surface area contributed by atoms with Crippen LogP contribution in [0.3, 0.4) is 0 Å². The van der Waals surface area contributed by atoms with Crippen molar-refractivity contribution in [3.05, 3.63) is 53.6 Å². The lowest BCUT2D eigenvalue weighted by Gasteiger charge is -2.31. The molecule has 0 radical (unpaired) electrons. The van der Waals surface area contributed by atoms with Crippen LogP contribution in [0.2, 0.25) is 0 Å². The summed E-state index contributed by atoms with van der Waals surface area (Å²) in [7, 11) is 0. The summed E-state index contributed by atoms with van der Waals surface area (Å²) < 4.78 is 5.48. The Balaban J connectivity index is 1.50. The molecular weight excluding hydrogens is 386 g/mol. The van der Waals surface area contributed by atoms with E-state index in [-0.39, 0.29) is 18.4 Å². The van der Waals surface area contributed by atoms with Gasteiger partial charge in [0.1, 0.15) is 12.3 Å². The van der Waals surface area contributed by atoms with E-state index in [1.54, 1.807) is 47.4 Å². The molecule has 2 aliphatic heterocycles. The van der Waals surface area contributed by atoms with Crippen molar-refractivity contribution in [2.75, 3.05) is 29.9 Å². The highest BCUT2D eigenvalue weighted by atomic mass is 16.5. The van der Waals surface area contributed by atoms with Gasteiger partial charge in [0.15, 0.2) is 6.61 Å². The van der Waals surface area contributed by atoms with Gasteiger partial charge in [0.05, 0.1) is 16.8 Å². The van der Waals surface area contributed by atoms with Crippen molar-refractivity contribution in [1.82, 2.24) is 4.90 Å². The maximum absolute atomic E-state index is 12.5. The molecule has 1 N–H and O–H groups in total. The molecule has 8 nitrogen and oxygen atoms in total. The Morgan fingerprint density at radius 2 is 1.70 bits per heavy atom. The second-order valence-electron chi connectivity index (χ2n) is 7.66. The second kappa shape index (κ2) is 7.62. The Hall–Kier alpha value is -3.68. The Bertz CT molecular complexity index is 1030. The van der Waals surface area contributed by atoms with Gasteiger partial charge in [-0.15, -0.1) is 0 Å². The molecule has 0 aliphatic carbocycles. The van der Waals surface area contributed by atoms with Crippen LogP contribution in [0, 0.1) is 5.92 Å². The lowest BCUT2D eigenvalue weighted by atomic mass is 10.1. The molecule has 0 aromatic heterocycles. The number of rotatable bonds is 5. The van der Waals surface area contributed by atoms with Crippen molar-refractivity contribution in [2.45, 2.75) is 13.8 Å². The van der Waals surface area contributed by atoms with Crippen LogP contribution in [0.1, 0.15) is 34.6 Å². The second-order valence-corrected chi connectivity index (χ2v) is 7.66. The fourth-order valence-corrected chi connectivity index (χ4v) is 3.57. The Morgan fingerprint density at radius 3 is 2.33 bits per heavy atom. The minimum Gasteiger partial charge on any atom is -0.482 e. The number of fused-ring (bicyclic) bond motifs is 2. The average Bonchev–Trinajstić information content (AvgIpc) is 2.95. The molecular formula is C22H21N3O5. The molecule has 0 atom stereocenters. The molecule has 2 aromatic rings. The molecule has 4 amide bonds. The van der Waals surface area contributed by atoms with Crippen molar-refractivity contribution >= 4 is 35.0 Å². The molecule has 30 heavy (non-hydrogen) atoms. The SMILES string of the molecule is CC(C)CN1C(=O)COc2ccc(NC(=O)CN3C(=O)c4ccccc4C3=O)cc21. The third kappa shape index (κ3) is 3.52. The van der Waals surface area contributed by atoms with Gasteiger partial charge in [-0.1, -0.05) is 26.0 Å². The Labute approximate surface area is 173 Å². The predicted octanol–water partition coefficient (Wildman–Crippen LogP) is 2.30. The van der Waals surface area contributed by atoms with Crippen molar-refractivity contribution in [3.63, 3.8) is 0 Å². The summed E-state index contributed by atoms with van der Waals surface area (Å²) in [6, 6.07) is 11.5. The van der Waals surface area contributed by atoms with Crippen LogP contribution in [0.15, 0.2) is 42.5 Å². The highest BCUT2D eigenvalue weighted by Crippen LogP contribution is 2.35. The first-order valence-electron chi connectivity index (χ1n) is 9.67. The van der Waals surface area contributed by atoms with Gasteiger partial charge in [-0.2, -0.15) is 0 Å². The highest BCUT2D eigenvalue weighted by molar-refractivity contribution is 6.22. The first kappa shape index (κ1) is 19.6. The number of nitrogens with zero attached hydrogens (tertiary/aromatic N) is 2. The zero-order chi connectivity index (χ0) is 21.4. The number of nitrogens with one attached hydrogen (secondary N) is 1. The van der Waals surface area contributed by atoms with E-state index in [1.807, 2.05) is 13.8 Å². The zero-order valence-electron chi connectivity index (χ0n) is 16.7. The third-order valence-electron chi connectivity index (χ3n) is 4.91. The minimum absolute atomic E-state index is 0.0227. The fraction of sp³-hybridized carbons (Fsp3) is 0.273. The normalized spacial score (nSPS) is 15.2. The number of anilines is 2. The smallest absolute Gasteiger partial charge is 0.265 e. The van der Waals surface area contributed by atoms with E-state index in [1.165, 1.54) is 0 Å². The summed E-state index contributed by atoms with van der Waals surface area (Å²) in [5.41, 5.74) is 1.62. The molecule has 0 saturated carbocycles. The van der Waals surface area contributed by atoms with E-state index in [2.05, 4.69) is 5.32 Å². The highest BCUT2D eigenvalue weighted by Gasteiger charge is 2.36. The topological polar surface area (TPSA) is 96.0 Å². The third-order valence-corrected chi connectivity index (χ3v) is 4.91. The maximum atomic E-state index is 12.5. The number of carbonyl (C=O) groups excluding carboxylic acids is 4. The summed E-state index contributed by atoms with van der Waals surface area (Å²) in [4.78, 5) is 52.2. The van der Waals surface area contributed by atoms with E-state index >= 15 is 0 Å². The molecule has 4 rings (SSSR count). The number of hydrogen-bond donors (Lipinski definition) is 1. The molecule has 2 heterocycles. The van der Waals surface area contributed by atoms with Gasteiger partial charge >= 0.3 is 0 Å². The van der Waals surface area contributed by atoms with Crippen LogP contribution in [-0.2, 0) is 9.59 Å². The predicted molar refractivity (Wildman–Crippen MR) is 110 cm³/mol. The number of amides is 4. The number of ether oxygens (including phenoxy) is 1. The van der Waals surface area contributed by atoms with Crippen LogP contribution in [0.4, 0.5) is 11.4 Å². The molecule has 0 fully saturated rings. The zero-order valence-corrected chi connectivity index (χ0v) is 16.7. The lowest BCUT2D eigenvalue weighted by molar-refractivity contribution is -0.121. The maximum Gasteiger partial charge on any atom is 0.265 e. The van der Waals surface area contributed by atoms with E-state index < -0.39 is 24.3 Å². The summed E-state index contributed by atoms with van der Waals surface area (Å²) in [6.07, 6.45) is 0. The monoisotopic (exact) mass is 407 g/mol. The van der Waals surface area contributed by atoms with Gasteiger partial charge in [-0.3, -0.25) is 24.1 Å². The van der Waals surface area contributed by atoms with Gasteiger partial charge in [-0.25, -0.2) is 0 Å². The average molecular weight is 407 g/mol. The summed E-state index contributed by atoms with van der Waals surface area (Å²) in [5.74, 6) is -0.814. The molecule has 2 aliphatic rings. The van der Waals surface area contributed by atoms with Crippen molar-refractivity contribution in [1.29, 1.82) is 0 Å². The van der Waals surface area contributed by atoms with Gasteiger partial charge < -0.3 is 15.0 Å². The molecule has 0 unspecified atom stereocenters. The number of benzene rings is 2. The van der Waals surface area contributed by atoms with Crippen LogP contribution in [-0.4, -0.2) is 48.2 Å². The lowest BCUT2D eigenvalue weighted by Crippen LogP contribution is -2.41. The van der Waals surface area contributed by atoms with E-state index in [9.17, 15) is 19.2 Å².